The summed E-state index contributed by atoms with van der Waals surface area (Å²) in [7, 11) is 0. The molecule has 0 aliphatic heterocycles. The van der Waals surface area contributed by atoms with Crippen molar-refractivity contribution in [2.24, 2.45) is 0 Å². The minimum atomic E-state index is -0.277. The molecule has 2 nitrogen and oxygen atoms in total. The lowest BCUT2D eigenvalue weighted by atomic mass is 10.0. The highest BCUT2D eigenvalue weighted by molar-refractivity contribution is 7.98. The molecule has 0 aliphatic carbocycles. The van der Waals surface area contributed by atoms with Crippen molar-refractivity contribution in [3.05, 3.63) is 57.6 Å². The van der Waals surface area contributed by atoms with Crippen LogP contribution in [-0.4, -0.2) is 17.1 Å². The molecule has 1 N–H and O–H groups in total. The first kappa shape index (κ1) is 14.3. The van der Waals surface area contributed by atoms with Gasteiger partial charge in [0.05, 0.1) is 15.6 Å². The van der Waals surface area contributed by atoms with Gasteiger partial charge in [0.15, 0.2) is 5.78 Å². The smallest absolute Gasteiger partial charge is 0.197 e. The molecule has 0 radical (unpaired) electrons. The second-order valence-corrected chi connectivity index (χ2v) is 5.39. The summed E-state index contributed by atoms with van der Waals surface area (Å²) in [5, 5.41) is 10.5. The molecule has 0 aliphatic rings. The van der Waals surface area contributed by atoms with Crippen LogP contribution in [0.2, 0.25) is 10.0 Å². The van der Waals surface area contributed by atoms with Gasteiger partial charge in [0.2, 0.25) is 0 Å². The molecule has 19 heavy (non-hydrogen) atoms. The quantitative estimate of drug-likeness (QED) is 0.662. The van der Waals surface area contributed by atoms with Crippen LogP contribution in [0.15, 0.2) is 41.3 Å². The fraction of sp³-hybridized carbons (Fsp3) is 0.0714. The molecule has 0 unspecified atom stereocenters. The van der Waals surface area contributed by atoms with Crippen LogP contribution in [0, 0.1) is 0 Å². The van der Waals surface area contributed by atoms with E-state index < -0.39 is 0 Å². The predicted octanol–water partition coefficient (Wildman–Crippen LogP) is 4.65. The number of ketones is 1. The molecule has 98 valence electrons. The van der Waals surface area contributed by atoms with Crippen molar-refractivity contribution in [1.29, 1.82) is 0 Å². The van der Waals surface area contributed by atoms with E-state index in [4.69, 9.17) is 23.2 Å². The van der Waals surface area contributed by atoms with Crippen LogP contribution < -0.4 is 0 Å². The van der Waals surface area contributed by atoms with Gasteiger partial charge in [-0.25, -0.2) is 0 Å². The summed E-state index contributed by atoms with van der Waals surface area (Å²) in [6.45, 7) is 0. The van der Waals surface area contributed by atoms with E-state index in [9.17, 15) is 9.90 Å². The molecule has 0 fully saturated rings. The predicted molar refractivity (Wildman–Crippen MR) is 79.8 cm³/mol. The molecule has 0 saturated heterocycles. The SMILES string of the molecule is CSc1c(C(=O)c2ccccc2O)ccc(Cl)c1Cl. The van der Waals surface area contributed by atoms with Crippen LogP contribution in [0.1, 0.15) is 15.9 Å². The van der Waals surface area contributed by atoms with E-state index in [2.05, 4.69) is 0 Å². The normalized spacial score (nSPS) is 10.5. The van der Waals surface area contributed by atoms with Gasteiger partial charge in [-0.05, 0) is 30.5 Å². The fourth-order valence-corrected chi connectivity index (χ4v) is 3.00. The number of hydrogen-bond donors (Lipinski definition) is 1. The summed E-state index contributed by atoms with van der Waals surface area (Å²) in [6, 6.07) is 9.61. The largest absolute Gasteiger partial charge is 0.507 e. The van der Waals surface area contributed by atoms with Crippen molar-refractivity contribution in [1.82, 2.24) is 0 Å². The number of phenols is 1. The molecule has 0 aromatic heterocycles. The minimum absolute atomic E-state index is 0.0503. The number of phenolic OH excluding ortho intramolecular Hbond substituents is 1. The lowest BCUT2D eigenvalue weighted by Gasteiger charge is -2.10. The molecule has 0 spiro atoms. The number of carbonyl (C=O) groups excluding carboxylic acids is 1. The van der Waals surface area contributed by atoms with Crippen LogP contribution in [0.3, 0.4) is 0 Å². The Kier molecular flexibility index (Phi) is 4.40. The van der Waals surface area contributed by atoms with Gasteiger partial charge in [-0.15, -0.1) is 11.8 Å². The highest BCUT2D eigenvalue weighted by atomic mass is 35.5. The molecule has 2 aromatic rings. The monoisotopic (exact) mass is 312 g/mol. The van der Waals surface area contributed by atoms with Crippen LogP contribution in [0.25, 0.3) is 0 Å². The lowest BCUT2D eigenvalue weighted by molar-refractivity contribution is 0.103. The topological polar surface area (TPSA) is 37.3 Å². The minimum Gasteiger partial charge on any atom is -0.507 e. The molecular weight excluding hydrogens is 303 g/mol. The summed E-state index contributed by atoms with van der Waals surface area (Å²) in [4.78, 5) is 13.0. The number of thioether (sulfide) groups is 1. The van der Waals surface area contributed by atoms with E-state index in [0.29, 0.717) is 20.5 Å². The maximum absolute atomic E-state index is 12.4. The summed E-state index contributed by atoms with van der Waals surface area (Å²) in [5.41, 5.74) is 0.680. The van der Waals surface area contributed by atoms with Crippen molar-refractivity contribution in [2.75, 3.05) is 6.26 Å². The average Bonchev–Trinajstić information content (AvgIpc) is 2.41. The number of hydrogen-bond acceptors (Lipinski definition) is 3. The Morgan fingerprint density at radius 3 is 2.42 bits per heavy atom. The summed E-state index contributed by atoms with van der Waals surface area (Å²) in [5.74, 6) is -0.327. The number of para-hydroxylation sites is 1. The number of aromatic hydroxyl groups is 1. The Morgan fingerprint density at radius 1 is 1.11 bits per heavy atom. The van der Waals surface area contributed by atoms with E-state index in [0.717, 1.165) is 0 Å². The first-order valence-corrected chi connectivity index (χ1v) is 7.39. The van der Waals surface area contributed by atoms with Gasteiger partial charge in [0, 0.05) is 10.5 Å². The molecule has 2 aromatic carbocycles. The first-order valence-electron chi connectivity index (χ1n) is 5.41. The summed E-state index contributed by atoms with van der Waals surface area (Å²) >= 11 is 13.4. The molecule has 2 rings (SSSR count). The number of benzene rings is 2. The lowest BCUT2D eigenvalue weighted by Crippen LogP contribution is -2.04. The van der Waals surface area contributed by atoms with Gasteiger partial charge in [0.1, 0.15) is 5.75 Å². The zero-order chi connectivity index (χ0) is 14.0. The van der Waals surface area contributed by atoms with Gasteiger partial charge in [-0.3, -0.25) is 4.79 Å². The fourth-order valence-electron chi connectivity index (χ4n) is 1.72. The second-order valence-electron chi connectivity index (χ2n) is 3.79. The maximum atomic E-state index is 12.4. The average molecular weight is 313 g/mol. The standard InChI is InChI=1S/C14H10Cl2O2S/c1-19-14-9(6-7-10(15)12(14)16)13(18)8-4-2-3-5-11(8)17/h2-7,17H,1H3. The molecular formula is C14H10Cl2O2S. The van der Waals surface area contributed by atoms with Crippen molar-refractivity contribution in [3.8, 4) is 5.75 Å². The highest BCUT2D eigenvalue weighted by Gasteiger charge is 2.19. The first-order chi connectivity index (χ1) is 9.06. The van der Waals surface area contributed by atoms with Gasteiger partial charge in [-0.1, -0.05) is 35.3 Å². The molecule has 0 amide bonds. The summed E-state index contributed by atoms with van der Waals surface area (Å²) in [6.07, 6.45) is 1.82. The Balaban J connectivity index is 2.57. The third-order valence-corrected chi connectivity index (χ3v) is 4.40. The van der Waals surface area contributed by atoms with Gasteiger partial charge in [0.25, 0.3) is 0 Å². The molecule has 0 heterocycles. The Morgan fingerprint density at radius 2 is 1.79 bits per heavy atom. The number of rotatable bonds is 3. The number of halogens is 2. The van der Waals surface area contributed by atoms with E-state index in [1.165, 1.54) is 17.8 Å². The molecule has 0 atom stereocenters. The van der Waals surface area contributed by atoms with E-state index >= 15 is 0 Å². The van der Waals surface area contributed by atoms with E-state index in [-0.39, 0.29) is 17.1 Å². The summed E-state index contributed by atoms with van der Waals surface area (Å²) < 4.78 is 0. The molecule has 0 bridgehead atoms. The van der Waals surface area contributed by atoms with Crippen LogP contribution in [0.4, 0.5) is 0 Å². The van der Waals surface area contributed by atoms with E-state index in [1.54, 1.807) is 30.3 Å². The van der Waals surface area contributed by atoms with E-state index in [1.807, 2.05) is 6.26 Å². The number of carbonyl (C=O) groups is 1. The Bertz CT molecular complexity index is 641. The van der Waals surface area contributed by atoms with Gasteiger partial charge in [-0.2, -0.15) is 0 Å². The Labute approximate surface area is 125 Å². The van der Waals surface area contributed by atoms with Gasteiger partial charge >= 0.3 is 0 Å². The van der Waals surface area contributed by atoms with Crippen molar-refractivity contribution < 1.29 is 9.90 Å². The third-order valence-electron chi connectivity index (χ3n) is 2.65. The highest BCUT2D eigenvalue weighted by Crippen LogP contribution is 2.36. The molecule has 5 heteroatoms. The zero-order valence-corrected chi connectivity index (χ0v) is 12.3. The third kappa shape index (κ3) is 2.73. The van der Waals surface area contributed by atoms with Gasteiger partial charge < -0.3 is 5.11 Å². The Hall–Kier alpha value is -1.16. The zero-order valence-electron chi connectivity index (χ0n) is 9.98. The van der Waals surface area contributed by atoms with Crippen molar-refractivity contribution >= 4 is 40.7 Å². The maximum Gasteiger partial charge on any atom is 0.197 e. The van der Waals surface area contributed by atoms with Crippen LogP contribution in [-0.2, 0) is 0 Å². The van der Waals surface area contributed by atoms with Crippen molar-refractivity contribution in [3.63, 3.8) is 0 Å². The second kappa shape index (κ2) is 5.87. The van der Waals surface area contributed by atoms with Crippen molar-refractivity contribution in [2.45, 2.75) is 4.90 Å². The van der Waals surface area contributed by atoms with Crippen LogP contribution in [0.5, 0.6) is 5.75 Å². The molecule has 0 saturated carbocycles. The van der Waals surface area contributed by atoms with Crippen LogP contribution >= 0.6 is 35.0 Å².